The Morgan fingerprint density at radius 2 is 2.00 bits per heavy atom. The molecule has 2 rings (SSSR count). The molecule has 12 heavy (non-hydrogen) atoms. The molecule has 0 aliphatic rings. The first kappa shape index (κ1) is 7.98. The third-order valence-corrected chi connectivity index (χ3v) is 2.94. The average molecular weight is 269 g/mol. The van der Waals surface area contributed by atoms with Crippen LogP contribution in [0.15, 0.2) is 30.3 Å². The molecule has 1 heterocycles. The maximum Gasteiger partial charge on any atom is 0.105 e. The van der Waals surface area contributed by atoms with Gasteiger partial charge < -0.3 is 0 Å². The minimum atomic E-state index is 1.08. The van der Waals surface area contributed by atoms with Crippen LogP contribution >= 0.6 is 22.6 Å². The lowest BCUT2D eigenvalue weighted by Crippen LogP contribution is -1.86. The van der Waals surface area contributed by atoms with E-state index in [2.05, 4.69) is 46.6 Å². The molecule has 0 aliphatic carbocycles. The molecule has 0 spiro atoms. The number of pyridine rings is 1. The Hall–Kier alpha value is -0.640. The van der Waals surface area contributed by atoms with Gasteiger partial charge in [0.15, 0.2) is 0 Å². The van der Waals surface area contributed by atoms with Gasteiger partial charge in [0.05, 0.1) is 5.52 Å². The second-order valence-electron chi connectivity index (χ2n) is 2.79. The molecule has 0 saturated heterocycles. The Balaban J connectivity index is 2.84. The summed E-state index contributed by atoms with van der Waals surface area (Å²) < 4.78 is 1.09. The summed E-state index contributed by atoms with van der Waals surface area (Å²) in [6.45, 7) is 2.08. The number of hydrogen-bond acceptors (Lipinski definition) is 1. The third-order valence-electron chi connectivity index (χ3n) is 1.85. The number of hydrogen-bond donors (Lipinski definition) is 0. The van der Waals surface area contributed by atoms with Crippen LogP contribution in [-0.4, -0.2) is 4.98 Å². The molecule has 0 unspecified atom stereocenters. The standard InChI is InChI=1S/C10H8IN/c1-7-6-8-4-2-3-5-9(8)12-10(7)11/h2-6H,1H3. The van der Waals surface area contributed by atoms with Crippen LogP contribution in [-0.2, 0) is 0 Å². The second-order valence-corrected chi connectivity index (χ2v) is 3.81. The Morgan fingerprint density at radius 3 is 2.83 bits per heavy atom. The number of nitrogens with zero attached hydrogens (tertiary/aromatic N) is 1. The highest BCUT2D eigenvalue weighted by atomic mass is 127. The van der Waals surface area contributed by atoms with Crippen molar-refractivity contribution in [2.24, 2.45) is 0 Å². The summed E-state index contributed by atoms with van der Waals surface area (Å²) in [5.41, 5.74) is 2.32. The van der Waals surface area contributed by atoms with Crippen LogP contribution in [0.2, 0.25) is 0 Å². The third kappa shape index (κ3) is 1.31. The summed E-state index contributed by atoms with van der Waals surface area (Å²) in [6, 6.07) is 10.4. The summed E-state index contributed by atoms with van der Waals surface area (Å²) in [7, 11) is 0. The lowest BCUT2D eigenvalue weighted by atomic mass is 10.2. The zero-order valence-electron chi connectivity index (χ0n) is 6.71. The van der Waals surface area contributed by atoms with Crippen molar-refractivity contribution in [1.29, 1.82) is 0 Å². The molecule has 0 N–H and O–H groups in total. The second kappa shape index (κ2) is 3.01. The highest BCUT2D eigenvalue weighted by Gasteiger charge is 1.98. The molecule has 60 valence electrons. The van der Waals surface area contributed by atoms with Crippen LogP contribution in [0.4, 0.5) is 0 Å². The zero-order chi connectivity index (χ0) is 8.55. The van der Waals surface area contributed by atoms with Gasteiger partial charge in [0.1, 0.15) is 3.70 Å². The van der Waals surface area contributed by atoms with Crippen molar-refractivity contribution >= 4 is 33.5 Å². The van der Waals surface area contributed by atoms with Gasteiger partial charge in [-0.15, -0.1) is 0 Å². The molecule has 0 amide bonds. The molecular weight excluding hydrogens is 261 g/mol. The molecule has 2 heteroatoms. The first-order valence-electron chi connectivity index (χ1n) is 3.79. The lowest BCUT2D eigenvalue weighted by molar-refractivity contribution is 1.27. The van der Waals surface area contributed by atoms with Gasteiger partial charge in [0.2, 0.25) is 0 Å². The van der Waals surface area contributed by atoms with Gasteiger partial charge in [0, 0.05) is 5.39 Å². The number of aromatic nitrogens is 1. The average Bonchev–Trinajstić information content (AvgIpc) is 2.07. The van der Waals surface area contributed by atoms with Crippen LogP contribution in [0.5, 0.6) is 0 Å². The molecule has 0 fully saturated rings. The molecular formula is C10H8IN. The number of benzene rings is 1. The van der Waals surface area contributed by atoms with Crippen LogP contribution < -0.4 is 0 Å². The fourth-order valence-corrected chi connectivity index (χ4v) is 1.61. The largest absolute Gasteiger partial charge is 0.242 e. The molecule has 0 radical (unpaired) electrons. The van der Waals surface area contributed by atoms with Crippen molar-refractivity contribution in [3.8, 4) is 0 Å². The fraction of sp³-hybridized carbons (Fsp3) is 0.100. The first-order valence-corrected chi connectivity index (χ1v) is 4.87. The van der Waals surface area contributed by atoms with Gasteiger partial charge in [-0.25, -0.2) is 4.98 Å². The highest BCUT2D eigenvalue weighted by molar-refractivity contribution is 14.1. The maximum atomic E-state index is 4.46. The van der Waals surface area contributed by atoms with Crippen LogP contribution in [0.25, 0.3) is 10.9 Å². The number of halogens is 1. The predicted octanol–water partition coefficient (Wildman–Crippen LogP) is 3.15. The highest BCUT2D eigenvalue weighted by Crippen LogP contribution is 2.16. The fourth-order valence-electron chi connectivity index (χ4n) is 1.20. The Labute approximate surface area is 85.0 Å². The van der Waals surface area contributed by atoms with E-state index in [0.29, 0.717) is 0 Å². The predicted molar refractivity (Wildman–Crippen MR) is 59.2 cm³/mol. The molecule has 1 aromatic carbocycles. The first-order chi connectivity index (χ1) is 5.77. The van der Waals surface area contributed by atoms with E-state index in [1.165, 1.54) is 10.9 Å². The van der Waals surface area contributed by atoms with Crippen molar-refractivity contribution < 1.29 is 0 Å². The summed E-state index contributed by atoms with van der Waals surface area (Å²) in [5.74, 6) is 0. The summed E-state index contributed by atoms with van der Waals surface area (Å²) in [6.07, 6.45) is 0. The van der Waals surface area contributed by atoms with E-state index in [0.717, 1.165) is 9.22 Å². The van der Waals surface area contributed by atoms with Gasteiger partial charge in [-0.2, -0.15) is 0 Å². The van der Waals surface area contributed by atoms with E-state index >= 15 is 0 Å². The van der Waals surface area contributed by atoms with E-state index in [-0.39, 0.29) is 0 Å². The molecule has 0 saturated carbocycles. The molecule has 0 atom stereocenters. The zero-order valence-corrected chi connectivity index (χ0v) is 8.87. The van der Waals surface area contributed by atoms with Crippen molar-refractivity contribution in [1.82, 2.24) is 4.98 Å². The Morgan fingerprint density at radius 1 is 1.25 bits per heavy atom. The number of para-hydroxylation sites is 1. The van der Waals surface area contributed by atoms with Gasteiger partial charge in [0.25, 0.3) is 0 Å². The van der Waals surface area contributed by atoms with E-state index < -0.39 is 0 Å². The summed E-state index contributed by atoms with van der Waals surface area (Å²) >= 11 is 2.26. The normalized spacial score (nSPS) is 10.5. The smallest absolute Gasteiger partial charge is 0.105 e. The molecule has 1 aromatic heterocycles. The molecule has 0 bridgehead atoms. The SMILES string of the molecule is Cc1cc2ccccc2nc1I. The van der Waals surface area contributed by atoms with E-state index in [1.54, 1.807) is 0 Å². The van der Waals surface area contributed by atoms with E-state index in [9.17, 15) is 0 Å². The monoisotopic (exact) mass is 269 g/mol. The van der Waals surface area contributed by atoms with E-state index in [4.69, 9.17) is 0 Å². The van der Waals surface area contributed by atoms with E-state index in [1.807, 2.05) is 18.2 Å². The van der Waals surface area contributed by atoms with Crippen molar-refractivity contribution in [3.05, 3.63) is 39.6 Å². The number of rotatable bonds is 0. The quantitative estimate of drug-likeness (QED) is 0.529. The molecule has 0 aliphatic heterocycles. The Bertz CT molecular complexity index is 383. The summed E-state index contributed by atoms with van der Waals surface area (Å²) in [4.78, 5) is 4.46. The van der Waals surface area contributed by atoms with Gasteiger partial charge in [-0.05, 0) is 47.2 Å². The Kier molecular flexibility index (Phi) is 2.00. The van der Waals surface area contributed by atoms with Gasteiger partial charge in [-0.1, -0.05) is 18.2 Å². The molecule has 1 nitrogen and oxygen atoms in total. The van der Waals surface area contributed by atoms with Gasteiger partial charge >= 0.3 is 0 Å². The maximum absolute atomic E-state index is 4.46. The van der Waals surface area contributed by atoms with Crippen LogP contribution in [0.3, 0.4) is 0 Å². The van der Waals surface area contributed by atoms with Crippen LogP contribution in [0, 0.1) is 10.6 Å². The van der Waals surface area contributed by atoms with Crippen LogP contribution in [0.1, 0.15) is 5.56 Å². The molecule has 2 aromatic rings. The number of fused-ring (bicyclic) bond motifs is 1. The van der Waals surface area contributed by atoms with Crippen molar-refractivity contribution in [2.75, 3.05) is 0 Å². The topological polar surface area (TPSA) is 12.9 Å². The summed E-state index contributed by atoms with van der Waals surface area (Å²) in [5, 5.41) is 1.22. The van der Waals surface area contributed by atoms with Crippen molar-refractivity contribution in [3.63, 3.8) is 0 Å². The van der Waals surface area contributed by atoms with Crippen molar-refractivity contribution in [2.45, 2.75) is 6.92 Å². The van der Waals surface area contributed by atoms with Gasteiger partial charge in [-0.3, -0.25) is 0 Å². The minimum absolute atomic E-state index is 1.08. The number of aryl methyl sites for hydroxylation is 1. The lowest BCUT2D eigenvalue weighted by Gasteiger charge is -2.00. The minimum Gasteiger partial charge on any atom is -0.242 e.